The van der Waals surface area contributed by atoms with Crippen LogP contribution in [0.15, 0.2) is 54.6 Å². The Morgan fingerprint density at radius 3 is 2.46 bits per heavy atom. The predicted octanol–water partition coefficient (Wildman–Crippen LogP) is 4.08. The number of halogens is 2. The van der Waals surface area contributed by atoms with Crippen molar-refractivity contribution >= 4 is 23.2 Å². The number of benzene rings is 2. The number of nitrogens with one attached hydrogen (secondary N) is 1. The summed E-state index contributed by atoms with van der Waals surface area (Å²) in [7, 11) is 1.64. The number of para-hydroxylation sites is 1. The summed E-state index contributed by atoms with van der Waals surface area (Å²) in [4.78, 5) is 22.5. The summed E-state index contributed by atoms with van der Waals surface area (Å²) in [6.45, 7) is 1.70. The van der Waals surface area contributed by atoms with Gasteiger partial charge >= 0.3 is 0 Å². The van der Waals surface area contributed by atoms with Crippen LogP contribution in [-0.2, 0) is 0 Å². The highest BCUT2D eigenvalue weighted by Crippen LogP contribution is 2.20. The lowest BCUT2D eigenvalue weighted by Gasteiger charge is -2.17. The quantitative estimate of drug-likeness (QED) is 0.767. The van der Waals surface area contributed by atoms with Crippen LogP contribution in [0.5, 0.6) is 0 Å². The Morgan fingerprint density at radius 1 is 1.04 bits per heavy atom. The third-order valence-corrected chi connectivity index (χ3v) is 3.70. The standard InChI is InChI=1S/C19H16F2N4O/c1-12-10-17(18(26)25(2)14-6-4-3-5-7-14)24-19(22-12)23-16-9-8-13(20)11-15(16)21/h3-11H,1-2H3,(H,22,23,24). The second kappa shape index (κ2) is 7.26. The molecule has 26 heavy (non-hydrogen) atoms. The van der Waals surface area contributed by atoms with Crippen molar-refractivity contribution in [2.75, 3.05) is 17.3 Å². The Balaban J connectivity index is 1.89. The van der Waals surface area contributed by atoms with Gasteiger partial charge in [0.25, 0.3) is 5.91 Å². The van der Waals surface area contributed by atoms with Gasteiger partial charge in [0.1, 0.15) is 17.3 Å². The van der Waals surface area contributed by atoms with E-state index >= 15 is 0 Å². The number of aryl methyl sites for hydroxylation is 1. The van der Waals surface area contributed by atoms with E-state index in [0.29, 0.717) is 11.4 Å². The second-order valence-electron chi connectivity index (χ2n) is 5.67. The number of aromatic nitrogens is 2. The molecule has 5 nitrogen and oxygen atoms in total. The molecular weight excluding hydrogens is 338 g/mol. The fourth-order valence-corrected chi connectivity index (χ4v) is 2.39. The Kier molecular flexibility index (Phi) is 4.88. The van der Waals surface area contributed by atoms with Gasteiger partial charge in [-0.15, -0.1) is 0 Å². The maximum absolute atomic E-state index is 13.8. The molecule has 0 atom stereocenters. The zero-order chi connectivity index (χ0) is 18.7. The highest BCUT2D eigenvalue weighted by Gasteiger charge is 2.17. The highest BCUT2D eigenvalue weighted by molar-refractivity contribution is 6.04. The molecule has 1 heterocycles. The minimum atomic E-state index is -0.774. The van der Waals surface area contributed by atoms with Crippen molar-refractivity contribution in [1.29, 1.82) is 0 Å². The SMILES string of the molecule is Cc1cc(C(=O)N(C)c2ccccc2)nc(Nc2ccc(F)cc2F)n1. The van der Waals surface area contributed by atoms with E-state index in [-0.39, 0.29) is 23.2 Å². The number of anilines is 3. The molecule has 0 bridgehead atoms. The Labute approximate surface area is 149 Å². The van der Waals surface area contributed by atoms with Gasteiger partial charge in [-0.2, -0.15) is 0 Å². The molecule has 0 unspecified atom stereocenters. The van der Waals surface area contributed by atoms with Crippen LogP contribution >= 0.6 is 0 Å². The molecule has 1 aromatic heterocycles. The first-order valence-electron chi connectivity index (χ1n) is 7.85. The van der Waals surface area contributed by atoms with Crippen LogP contribution < -0.4 is 10.2 Å². The summed E-state index contributed by atoms with van der Waals surface area (Å²) in [5.74, 6) is -1.73. The zero-order valence-corrected chi connectivity index (χ0v) is 14.2. The molecule has 3 rings (SSSR count). The van der Waals surface area contributed by atoms with Crippen molar-refractivity contribution in [2.24, 2.45) is 0 Å². The van der Waals surface area contributed by atoms with Gasteiger partial charge in [0.2, 0.25) is 5.95 Å². The molecule has 7 heteroatoms. The molecule has 1 N–H and O–H groups in total. The molecule has 0 aliphatic carbocycles. The average Bonchev–Trinajstić information content (AvgIpc) is 2.63. The molecule has 0 saturated heterocycles. The van der Waals surface area contributed by atoms with Crippen LogP contribution in [0.25, 0.3) is 0 Å². The van der Waals surface area contributed by atoms with Gasteiger partial charge in [0.15, 0.2) is 0 Å². The Bertz CT molecular complexity index is 948. The van der Waals surface area contributed by atoms with Crippen LogP contribution in [0.2, 0.25) is 0 Å². The molecule has 3 aromatic rings. The normalized spacial score (nSPS) is 10.5. The molecule has 132 valence electrons. The molecule has 0 radical (unpaired) electrons. The molecule has 0 fully saturated rings. The topological polar surface area (TPSA) is 58.1 Å². The molecule has 0 saturated carbocycles. The van der Waals surface area contributed by atoms with E-state index in [1.807, 2.05) is 18.2 Å². The number of carbonyl (C=O) groups is 1. The van der Waals surface area contributed by atoms with Gasteiger partial charge < -0.3 is 10.2 Å². The first-order valence-corrected chi connectivity index (χ1v) is 7.85. The van der Waals surface area contributed by atoms with Gasteiger partial charge in [-0.1, -0.05) is 18.2 Å². The average molecular weight is 354 g/mol. The summed E-state index contributed by atoms with van der Waals surface area (Å²) in [5.41, 5.74) is 1.43. The highest BCUT2D eigenvalue weighted by atomic mass is 19.1. The number of hydrogen-bond donors (Lipinski definition) is 1. The summed E-state index contributed by atoms with van der Waals surface area (Å²) < 4.78 is 26.8. The van der Waals surface area contributed by atoms with E-state index in [1.165, 1.54) is 11.0 Å². The molecule has 0 spiro atoms. The van der Waals surface area contributed by atoms with Crippen LogP contribution in [0.4, 0.5) is 26.1 Å². The Hall–Kier alpha value is -3.35. The van der Waals surface area contributed by atoms with Crippen LogP contribution in [0.1, 0.15) is 16.2 Å². The number of rotatable bonds is 4. The summed E-state index contributed by atoms with van der Waals surface area (Å²) in [6.07, 6.45) is 0. The van der Waals surface area contributed by atoms with Crippen molar-refractivity contribution in [3.8, 4) is 0 Å². The van der Waals surface area contributed by atoms with Crippen LogP contribution in [0.3, 0.4) is 0 Å². The van der Waals surface area contributed by atoms with Gasteiger partial charge in [-0.05, 0) is 37.3 Å². The van der Waals surface area contributed by atoms with Gasteiger partial charge in [0.05, 0.1) is 5.69 Å². The lowest BCUT2D eigenvalue weighted by molar-refractivity contribution is 0.0988. The van der Waals surface area contributed by atoms with E-state index in [1.54, 1.807) is 32.2 Å². The maximum Gasteiger partial charge on any atom is 0.276 e. The van der Waals surface area contributed by atoms with Crippen molar-refractivity contribution in [1.82, 2.24) is 9.97 Å². The first kappa shape index (κ1) is 17.5. The van der Waals surface area contributed by atoms with E-state index < -0.39 is 11.6 Å². The summed E-state index contributed by atoms with van der Waals surface area (Å²) in [6, 6.07) is 13.8. The number of nitrogens with zero attached hydrogens (tertiary/aromatic N) is 3. The number of amides is 1. The van der Waals surface area contributed by atoms with Gasteiger partial charge in [-0.25, -0.2) is 18.7 Å². The largest absolute Gasteiger partial charge is 0.322 e. The van der Waals surface area contributed by atoms with Crippen molar-refractivity contribution < 1.29 is 13.6 Å². The van der Waals surface area contributed by atoms with Gasteiger partial charge in [-0.3, -0.25) is 4.79 Å². The summed E-state index contributed by atoms with van der Waals surface area (Å²) >= 11 is 0. The van der Waals surface area contributed by atoms with Gasteiger partial charge in [0, 0.05) is 24.5 Å². The molecule has 0 aliphatic rings. The fourth-order valence-electron chi connectivity index (χ4n) is 2.39. The van der Waals surface area contributed by atoms with Crippen molar-refractivity contribution in [3.05, 3.63) is 77.6 Å². The number of carbonyl (C=O) groups excluding carboxylic acids is 1. The maximum atomic E-state index is 13.8. The monoisotopic (exact) mass is 354 g/mol. The zero-order valence-electron chi connectivity index (χ0n) is 14.2. The van der Waals surface area contributed by atoms with Crippen LogP contribution in [-0.4, -0.2) is 22.9 Å². The lowest BCUT2D eigenvalue weighted by Crippen LogP contribution is -2.27. The molecule has 2 aromatic carbocycles. The Morgan fingerprint density at radius 2 is 1.77 bits per heavy atom. The lowest BCUT2D eigenvalue weighted by atomic mass is 10.2. The predicted molar refractivity (Wildman–Crippen MR) is 95.6 cm³/mol. The third-order valence-electron chi connectivity index (χ3n) is 3.70. The summed E-state index contributed by atoms with van der Waals surface area (Å²) in [5, 5.41) is 2.68. The van der Waals surface area contributed by atoms with E-state index in [4.69, 9.17) is 0 Å². The minimum absolute atomic E-state index is 0.0202. The first-order chi connectivity index (χ1) is 12.4. The number of hydrogen-bond acceptors (Lipinski definition) is 4. The van der Waals surface area contributed by atoms with Crippen LogP contribution in [0, 0.1) is 18.6 Å². The minimum Gasteiger partial charge on any atom is -0.322 e. The van der Waals surface area contributed by atoms with E-state index in [9.17, 15) is 13.6 Å². The fraction of sp³-hybridized carbons (Fsp3) is 0.105. The molecule has 0 aliphatic heterocycles. The second-order valence-corrected chi connectivity index (χ2v) is 5.67. The van der Waals surface area contributed by atoms with E-state index in [2.05, 4.69) is 15.3 Å². The van der Waals surface area contributed by atoms with E-state index in [0.717, 1.165) is 12.1 Å². The smallest absolute Gasteiger partial charge is 0.276 e. The van der Waals surface area contributed by atoms with Crippen molar-refractivity contribution in [2.45, 2.75) is 6.92 Å². The molecular formula is C19H16F2N4O. The third kappa shape index (κ3) is 3.83. The molecule has 1 amide bonds. The van der Waals surface area contributed by atoms with Crippen molar-refractivity contribution in [3.63, 3.8) is 0 Å².